The molecule has 0 spiro atoms. The maximum atomic E-state index is 13.8. The summed E-state index contributed by atoms with van der Waals surface area (Å²) in [5.74, 6) is -4.79. The Bertz CT molecular complexity index is 555. The second kappa shape index (κ2) is 4.83. The van der Waals surface area contributed by atoms with Crippen molar-refractivity contribution in [2.45, 2.75) is 26.3 Å². The average molecular weight is 270 g/mol. The molecule has 0 bridgehead atoms. The van der Waals surface area contributed by atoms with Gasteiger partial charge < -0.3 is 15.0 Å². The van der Waals surface area contributed by atoms with Crippen molar-refractivity contribution in [3.63, 3.8) is 0 Å². The Morgan fingerprint density at radius 2 is 1.84 bits per heavy atom. The lowest BCUT2D eigenvalue weighted by atomic mass is 10.1. The molecule has 1 aromatic heterocycles. The fraction of sp³-hybridized carbons (Fsp3) is 0.417. The van der Waals surface area contributed by atoms with Crippen LogP contribution in [0.4, 0.5) is 4.39 Å². The predicted octanol–water partition coefficient (Wildman–Crippen LogP) is 0.960. The maximum Gasteiger partial charge on any atom is 0.355 e. The summed E-state index contributed by atoms with van der Waals surface area (Å²) < 4.78 is 14.7. The molecule has 0 aliphatic heterocycles. The molecule has 0 saturated heterocycles. The van der Waals surface area contributed by atoms with Gasteiger partial charge in [0.25, 0.3) is 11.7 Å². The summed E-state index contributed by atoms with van der Waals surface area (Å²) in [6.07, 6.45) is 0.989. The molecule has 6 nitrogen and oxygen atoms in total. The van der Waals surface area contributed by atoms with E-state index in [-0.39, 0.29) is 0 Å². The van der Waals surface area contributed by atoms with Gasteiger partial charge in [0, 0.05) is 18.8 Å². The van der Waals surface area contributed by atoms with Crippen molar-refractivity contribution in [3.8, 4) is 0 Å². The molecule has 19 heavy (non-hydrogen) atoms. The van der Waals surface area contributed by atoms with Crippen molar-refractivity contribution in [3.05, 3.63) is 23.3 Å². The van der Waals surface area contributed by atoms with E-state index in [0.29, 0.717) is 0 Å². The highest BCUT2D eigenvalue weighted by molar-refractivity contribution is 6.43. The molecule has 0 aromatic carbocycles. The number of rotatable bonds is 3. The summed E-state index contributed by atoms with van der Waals surface area (Å²) in [5, 5.41) is 11.2. The van der Waals surface area contributed by atoms with Crippen molar-refractivity contribution in [1.29, 1.82) is 0 Å². The number of nitrogens with zero attached hydrogens (tertiary/aromatic N) is 1. The van der Waals surface area contributed by atoms with Gasteiger partial charge in [0.2, 0.25) is 0 Å². The van der Waals surface area contributed by atoms with E-state index in [4.69, 9.17) is 5.11 Å². The highest BCUT2D eigenvalue weighted by atomic mass is 19.1. The molecule has 0 fully saturated rings. The number of aryl methyl sites for hydroxylation is 1. The second-order valence-electron chi connectivity index (χ2n) is 5.15. The second-order valence-corrected chi connectivity index (χ2v) is 5.15. The summed E-state index contributed by atoms with van der Waals surface area (Å²) >= 11 is 0. The number of carbonyl (C=O) groups excluding carboxylic acids is 2. The van der Waals surface area contributed by atoms with Gasteiger partial charge in [-0.2, -0.15) is 0 Å². The molecular weight excluding hydrogens is 255 g/mol. The van der Waals surface area contributed by atoms with Gasteiger partial charge in [-0.25, -0.2) is 9.18 Å². The molecule has 2 N–H and O–H groups in total. The Hall–Kier alpha value is -2.18. The number of nitrogens with one attached hydrogen (secondary N) is 1. The lowest BCUT2D eigenvalue weighted by Crippen LogP contribution is -2.44. The molecule has 0 aliphatic carbocycles. The van der Waals surface area contributed by atoms with Crippen LogP contribution in [0.1, 0.15) is 41.6 Å². The molecular formula is C12H15FN2O4. The Balaban J connectivity index is 3.12. The number of aromatic nitrogens is 1. The van der Waals surface area contributed by atoms with Crippen LogP contribution in [0.5, 0.6) is 0 Å². The minimum absolute atomic E-state index is 0.554. The zero-order chi connectivity index (χ0) is 15.0. The van der Waals surface area contributed by atoms with Crippen LogP contribution in [-0.4, -0.2) is 32.9 Å². The Labute approximate surface area is 109 Å². The van der Waals surface area contributed by atoms with E-state index in [1.807, 2.05) is 0 Å². The van der Waals surface area contributed by atoms with E-state index < -0.39 is 40.3 Å². The molecule has 104 valence electrons. The van der Waals surface area contributed by atoms with Crippen LogP contribution in [0, 0.1) is 5.82 Å². The first-order valence-electron chi connectivity index (χ1n) is 5.49. The summed E-state index contributed by atoms with van der Waals surface area (Å²) in [7, 11) is 1.28. The topological polar surface area (TPSA) is 88.4 Å². The van der Waals surface area contributed by atoms with E-state index >= 15 is 0 Å². The Morgan fingerprint density at radius 3 is 2.21 bits per heavy atom. The average Bonchev–Trinajstić information content (AvgIpc) is 2.50. The van der Waals surface area contributed by atoms with E-state index in [9.17, 15) is 18.8 Å². The lowest BCUT2D eigenvalue weighted by molar-refractivity contribution is -0.118. The minimum Gasteiger partial charge on any atom is -0.476 e. The number of carboxylic acids is 1. The van der Waals surface area contributed by atoms with Gasteiger partial charge in [-0.1, -0.05) is 0 Å². The molecule has 1 rings (SSSR count). The van der Waals surface area contributed by atoms with Crippen LogP contribution in [-0.2, 0) is 11.8 Å². The molecule has 1 amide bonds. The number of aromatic carboxylic acids is 1. The smallest absolute Gasteiger partial charge is 0.355 e. The van der Waals surface area contributed by atoms with Crippen LogP contribution in [0.15, 0.2) is 6.20 Å². The van der Waals surface area contributed by atoms with Crippen molar-refractivity contribution >= 4 is 17.7 Å². The van der Waals surface area contributed by atoms with Gasteiger partial charge in [0.05, 0.1) is 5.56 Å². The third kappa shape index (κ3) is 3.18. The van der Waals surface area contributed by atoms with Gasteiger partial charge in [0.1, 0.15) is 0 Å². The van der Waals surface area contributed by atoms with Crippen LogP contribution in [0.3, 0.4) is 0 Å². The first-order chi connectivity index (χ1) is 8.54. The van der Waals surface area contributed by atoms with Crippen LogP contribution < -0.4 is 5.32 Å². The number of carbonyl (C=O) groups is 3. The summed E-state index contributed by atoms with van der Waals surface area (Å²) in [6, 6.07) is 0. The predicted molar refractivity (Wildman–Crippen MR) is 64.6 cm³/mol. The number of ketones is 1. The first kappa shape index (κ1) is 14.9. The first-order valence-corrected chi connectivity index (χ1v) is 5.49. The quantitative estimate of drug-likeness (QED) is 0.632. The van der Waals surface area contributed by atoms with Gasteiger partial charge in [-0.15, -0.1) is 0 Å². The number of amides is 1. The van der Waals surface area contributed by atoms with Crippen LogP contribution >= 0.6 is 0 Å². The van der Waals surface area contributed by atoms with Crippen molar-refractivity contribution in [2.24, 2.45) is 7.05 Å². The third-order valence-electron chi connectivity index (χ3n) is 2.26. The van der Waals surface area contributed by atoms with Gasteiger partial charge in [0.15, 0.2) is 11.5 Å². The number of hydrogen-bond donors (Lipinski definition) is 2. The molecule has 0 radical (unpaired) electrons. The third-order valence-corrected chi connectivity index (χ3v) is 2.26. The van der Waals surface area contributed by atoms with E-state index in [1.165, 1.54) is 7.05 Å². The molecule has 1 heterocycles. The fourth-order valence-electron chi connectivity index (χ4n) is 1.52. The number of hydrogen-bond acceptors (Lipinski definition) is 3. The number of halogens is 1. The Morgan fingerprint density at radius 1 is 1.32 bits per heavy atom. The number of Topliss-reactive ketones (excluding diaryl/α,β-unsaturated/α-hetero) is 1. The fourth-order valence-corrected chi connectivity index (χ4v) is 1.52. The highest BCUT2D eigenvalue weighted by Gasteiger charge is 2.29. The van der Waals surface area contributed by atoms with Gasteiger partial charge >= 0.3 is 5.97 Å². The zero-order valence-corrected chi connectivity index (χ0v) is 11.1. The SMILES string of the molecule is Cn1cc(C(=O)C(=O)NC(C)(C)C)c(F)c1C(=O)O. The summed E-state index contributed by atoms with van der Waals surface area (Å²) in [6.45, 7) is 5.01. The van der Waals surface area contributed by atoms with Gasteiger partial charge in [-0.05, 0) is 20.8 Å². The van der Waals surface area contributed by atoms with E-state index in [1.54, 1.807) is 20.8 Å². The normalized spacial score (nSPS) is 11.2. The molecule has 1 aromatic rings. The zero-order valence-electron chi connectivity index (χ0n) is 11.1. The molecule has 0 saturated carbocycles. The number of carboxylic acid groups (broad SMARTS) is 1. The van der Waals surface area contributed by atoms with Crippen molar-refractivity contribution in [1.82, 2.24) is 9.88 Å². The molecule has 0 aliphatic rings. The lowest BCUT2D eigenvalue weighted by Gasteiger charge is -2.19. The minimum atomic E-state index is -1.50. The molecule has 0 unspecified atom stereocenters. The highest BCUT2D eigenvalue weighted by Crippen LogP contribution is 2.16. The van der Waals surface area contributed by atoms with Crippen LogP contribution in [0.25, 0.3) is 0 Å². The maximum absolute atomic E-state index is 13.8. The standard InChI is InChI=1S/C12H15FN2O4/c1-12(2,3)14-10(17)9(16)6-5-15(4)8(7(6)13)11(18)19/h5H,1-4H3,(H,14,17)(H,18,19). The van der Waals surface area contributed by atoms with Crippen LogP contribution in [0.2, 0.25) is 0 Å². The van der Waals surface area contributed by atoms with E-state index in [0.717, 1.165) is 10.8 Å². The monoisotopic (exact) mass is 270 g/mol. The van der Waals surface area contributed by atoms with Gasteiger partial charge in [-0.3, -0.25) is 9.59 Å². The Kier molecular flexibility index (Phi) is 3.78. The van der Waals surface area contributed by atoms with E-state index in [2.05, 4.69) is 5.32 Å². The molecule has 7 heteroatoms. The van der Waals surface area contributed by atoms with Crippen molar-refractivity contribution < 1.29 is 23.9 Å². The molecule has 0 atom stereocenters. The van der Waals surface area contributed by atoms with Crippen molar-refractivity contribution in [2.75, 3.05) is 0 Å². The largest absolute Gasteiger partial charge is 0.476 e. The summed E-state index contributed by atoms with van der Waals surface area (Å²) in [4.78, 5) is 34.2. The summed E-state index contributed by atoms with van der Waals surface area (Å²) in [5.41, 5.74) is -1.86.